The number of likely N-dealkylation sites (N-methyl/N-ethyl adjacent to an activating group) is 1. The molecule has 1 heterocycles. The first-order chi connectivity index (χ1) is 7.15. The number of nitrogens with zero attached hydrogens (tertiary/aromatic N) is 1. The minimum Gasteiger partial charge on any atom is -0.347 e. The molecule has 0 atom stereocenters. The van der Waals surface area contributed by atoms with E-state index in [1.807, 2.05) is 31.3 Å². The largest absolute Gasteiger partial charge is 0.347 e. The summed E-state index contributed by atoms with van der Waals surface area (Å²) < 4.78 is 1.09. The molecule has 0 aromatic heterocycles. The van der Waals surface area contributed by atoms with E-state index < -0.39 is 0 Å². The molecule has 1 N–H and O–H groups in total. The Morgan fingerprint density at radius 3 is 2.87 bits per heavy atom. The second-order valence-electron chi connectivity index (χ2n) is 3.90. The smallest absolute Gasteiger partial charge is 0.251 e. The molecule has 1 aromatic carbocycles. The number of halogens is 1. The number of hydrogen-bond donors (Lipinski definition) is 1. The average Bonchev–Trinajstić information content (AvgIpc) is 2.15. The van der Waals surface area contributed by atoms with Crippen LogP contribution in [0.4, 0.5) is 0 Å². The van der Waals surface area contributed by atoms with Gasteiger partial charge in [-0.1, -0.05) is 6.07 Å². The van der Waals surface area contributed by atoms with Crippen molar-refractivity contribution in [1.82, 2.24) is 10.2 Å². The van der Waals surface area contributed by atoms with Crippen LogP contribution in [0.1, 0.15) is 10.4 Å². The van der Waals surface area contributed by atoms with Gasteiger partial charge >= 0.3 is 0 Å². The number of nitrogens with one attached hydrogen (secondary N) is 1. The lowest BCUT2D eigenvalue weighted by atomic mass is 10.1. The second kappa shape index (κ2) is 4.49. The van der Waals surface area contributed by atoms with Crippen LogP contribution in [0.2, 0.25) is 0 Å². The maximum Gasteiger partial charge on any atom is 0.251 e. The quantitative estimate of drug-likeness (QED) is 0.835. The molecule has 1 amide bonds. The van der Waals surface area contributed by atoms with Gasteiger partial charge in [-0.05, 0) is 47.8 Å². The van der Waals surface area contributed by atoms with Crippen molar-refractivity contribution in [3.63, 3.8) is 0 Å². The van der Waals surface area contributed by atoms with Crippen molar-refractivity contribution in [2.75, 3.05) is 20.1 Å². The van der Waals surface area contributed by atoms with E-state index in [1.165, 1.54) is 0 Å². The molecule has 0 aliphatic carbocycles. The molecule has 1 fully saturated rings. The Bertz CT molecular complexity index is 375. The molecule has 0 unspecified atom stereocenters. The minimum atomic E-state index is 0.0339. The Labute approximate surface area is 103 Å². The number of hydrogen-bond acceptors (Lipinski definition) is 2. The summed E-state index contributed by atoms with van der Waals surface area (Å²) in [5.41, 5.74) is 0.747. The third-order valence-electron chi connectivity index (χ3n) is 2.49. The summed E-state index contributed by atoms with van der Waals surface area (Å²) >= 11 is 2.21. The van der Waals surface area contributed by atoms with E-state index in [4.69, 9.17) is 0 Å². The van der Waals surface area contributed by atoms with E-state index >= 15 is 0 Å². The van der Waals surface area contributed by atoms with Gasteiger partial charge in [-0.3, -0.25) is 4.79 Å². The summed E-state index contributed by atoms with van der Waals surface area (Å²) in [4.78, 5) is 14.0. The first-order valence-corrected chi connectivity index (χ1v) is 5.98. The van der Waals surface area contributed by atoms with Gasteiger partial charge in [0.15, 0.2) is 0 Å². The first kappa shape index (κ1) is 10.9. The van der Waals surface area contributed by atoms with E-state index in [0.717, 1.165) is 22.2 Å². The fraction of sp³-hybridized carbons (Fsp3) is 0.364. The van der Waals surface area contributed by atoms with Gasteiger partial charge < -0.3 is 10.2 Å². The Morgan fingerprint density at radius 2 is 2.27 bits per heavy atom. The highest BCUT2D eigenvalue weighted by Crippen LogP contribution is 2.09. The average molecular weight is 316 g/mol. The van der Waals surface area contributed by atoms with Crippen LogP contribution < -0.4 is 5.32 Å². The third-order valence-corrected chi connectivity index (χ3v) is 3.16. The molecule has 0 radical (unpaired) electrons. The molecule has 15 heavy (non-hydrogen) atoms. The lowest BCUT2D eigenvalue weighted by Gasteiger charge is -2.36. The van der Waals surface area contributed by atoms with Crippen LogP contribution in [-0.4, -0.2) is 37.0 Å². The summed E-state index contributed by atoms with van der Waals surface area (Å²) in [5.74, 6) is 0.0339. The van der Waals surface area contributed by atoms with Crippen molar-refractivity contribution >= 4 is 28.5 Å². The number of benzene rings is 1. The normalized spacial score (nSPS) is 17.2. The Hall–Kier alpha value is -0.620. The summed E-state index contributed by atoms with van der Waals surface area (Å²) in [7, 11) is 2.05. The molecular formula is C11H13IN2O. The van der Waals surface area contributed by atoms with Gasteiger partial charge in [-0.25, -0.2) is 0 Å². The highest BCUT2D eigenvalue weighted by atomic mass is 127. The summed E-state index contributed by atoms with van der Waals surface area (Å²) in [6.45, 7) is 1.91. The van der Waals surface area contributed by atoms with Gasteiger partial charge in [-0.15, -0.1) is 0 Å². The molecule has 3 nitrogen and oxygen atoms in total. The van der Waals surface area contributed by atoms with Gasteiger partial charge in [0.25, 0.3) is 5.91 Å². The zero-order valence-electron chi connectivity index (χ0n) is 8.53. The van der Waals surface area contributed by atoms with Crippen LogP contribution in [0.15, 0.2) is 24.3 Å². The number of likely N-dealkylation sites (tertiary alicyclic amines) is 1. The fourth-order valence-corrected chi connectivity index (χ4v) is 2.23. The first-order valence-electron chi connectivity index (χ1n) is 4.90. The molecule has 1 aromatic rings. The van der Waals surface area contributed by atoms with Crippen LogP contribution in [0, 0.1) is 3.57 Å². The SMILES string of the molecule is CN1CC(NC(=O)c2cccc(I)c2)C1. The van der Waals surface area contributed by atoms with Gasteiger partial charge in [-0.2, -0.15) is 0 Å². The van der Waals surface area contributed by atoms with Crippen molar-refractivity contribution in [1.29, 1.82) is 0 Å². The summed E-state index contributed by atoms with van der Waals surface area (Å²) in [5, 5.41) is 3.01. The highest BCUT2D eigenvalue weighted by Gasteiger charge is 2.24. The standard InChI is InChI=1S/C11H13IN2O/c1-14-6-10(7-14)13-11(15)8-3-2-4-9(12)5-8/h2-5,10H,6-7H2,1H3,(H,13,15). The van der Waals surface area contributed by atoms with Gasteiger partial charge in [0.1, 0.15) is 0 Å². The lowest BCUT2D eigenvalue weighted by molar-refractivity contribution is 0.0857. The molecule has 0 bridgehead atoms. The van der Waals surface area contributed by atoms with Gasteiger partial charge in [0, 0.05) is 22.2 Å². The Kier molecular flexibility index (Phi) is 3.25. The van der Waals surface area contributed by atoms with Crippen molar-refractivity contribution in [3.05, 3.63) is 33.4 Å². The van der Waals surface area contributed by atoms with E-state index in [1.54, 1.807) is 0 Å². The van der Waals surface area contributed by atoms with Gasteiger partial charge in [0.05, 0.1) is 6.04 Å². The minimum absolute atomic E-state index is 0.0339. The van der Waals surface area contributed by atoms with E-state index in [0.29, 0.717) is 6.04 Å². The maximum atomic E-state index is 11.8. The highest BCUT2D eigenvalue weighted by molar-refractivity contribution is 14.1. The van der Waals surface area contributed by atoms with Crippen LogP contribution in [0.3, 0.4) is 0 Å². The van der Waals surface area contributed by atoms with Crippen molar-refractivity contribution < 1.29 is 4.79 Å². The molecule has 80 valence electrons. The molecule has 0 saturated carbocycles. The van der Waals surface area contributed by atoms with E-state index in [9.17, 15) is 4.79 Å². The Morgan fingerprint density at radius 1 is 1.53 bits per heavy atom. The van der Waals surface area contributed by atoms with Crippen molar-refractivity contribution in [2.45, 2.75) is 6.04 Å². The number of carbonyl (C=O) groups excluding carboxylic acids is 1. The van der Waals surface area contributed by atoms with Gasteiger partial charge in [0.2, 0.25) is 0 Å². The van der Waals surface area contributed by atoms with Crippen LogP contribution in [-0.2, 0) is 0 Å². The molecule has 1 aliphatic rings. The number of carbonyl (C=O) groups is 1. The number of rotatable bonds is 2. The molecule has 1 aliphatic heterocycles. The lowest BCUT2D eigenvalue weighted by Crippen LogP contribution is -2.57. The van der Waals surface area contributed by atoms with Crippen LogP contribution >= 0.6 is 22.6 Å². The van der Waals surface area contributed by atoms with Crippen LogP contribution in [0.5, 0.6) is 0 Å². The number of amides is 1. The Balaban J connectivity index is 1.96. The summed E-state index contributed by atoms with van der Waals surface area (Å²) in [6, 6.07) is 7.95. The van der Waals surface area contributed by atoms with E-state index in [-0.39, 0.29) is 5.91 Å². The van der Waals surface area contributed by atoms with E-state index in [2.05, 4.69) is 32.8 Å². The fourth-order valence-electron chi connectivity index (χ4n) is 1.69. The molecule has 1 saturated heterocycles. The molecule has 4 heteroatoms. The third kappa shape index (κ3) is 2.69. The summed E-state index contributed by atoms with van der Waals surface area (Å²) in [6.07, 6.45) is 0. The zero-order chi connectivity index (χ0) is 10.8. The second-order valence-corrected chi connectivity index (χ2v) is 5.15. The molecule has 0 spiro atoms. The molecule has 2 rings (SSSR count). The topological polar surface area (TPSA) is 32.3 Å². The zero-order valence-corrected chi connectivity index (χ0v) is 10.7. The maximum absolute atomic E-state index is 11.8. The predicted octanol–water partition coefficient (Wildman–Crippen LogP) is 1.33. The van der Waals surface area contributed by atoms with Crippen LogP contribution in [0.25, 0.3) is 0 Å². The predicted molar refractivity (Wildman–Crippen MR) is 67.9 cm³/mol. The molecular weight excluding hydrogens is 303 g/mol. The van der Waals surface area contributed by atoms with Crippen molar-refractivity contribution in [2.24, 2.45) is 0 Å². The van der Waals surface area contributed by atoms with Crippen molar-refractivity contribution in [3.8, 4) is 0 Å². The monoisotopic (exact) mass is 316 g/mol.